The molecule has 1 aromatic carbocycles. The van der Waals surface area contributed by atoms with Crippen LogP contribution in [0.25, 0.3) is 11.1 Å². The van der Waals surface area contributed by atoms with E-state index in [9.17, 15) is 0 Å². The van der Waals surface area contributed by atoms with Crippen molar-refractivity contribution in [3.8, 4) is 0 Å². The van der Waals surface area contributed by atoms with Crippen LogP contribution in [0.1, 0.15) is 38.3 Å². The van der Waals surface area contributed by atoms with Crippen molar-refractivity contribution in [3.05, 3.63) is 42.0 Å². The van der Waals surface area contributed by atoms with E-state index in [2.05, 4.69) is 35.4 Å². The van der Waals surface area contributed by atoms with E-state index in [4.69, 9.17) is 4.42 Å². The van der Waals surface area contributed by atoms with Crippen LogP contribution in [0, 0.1) is 0 Å². The van der Waals surface area contributed by atoms with E-state index in [0.717, 1.165) is 41.2 Å². The number of nitrogens with one attached hydrogen (secondary N) is 1. The molecule has 3 aromatic rings. The van der Waals surface area contributed by atoms with Gasteiger partial charge in [-0.15, -0.1) is 0 Å². The van der Waals surface area contributed by atoms with E-state index < -0.39 is 0 Å². The summed E-state index contributed by atoms with van der Waals surface area (Å²) >= 11 is 0. The Hall–Kier alpha value is -2.30. The minimum atomic E-state index is 0.387. The summed E-state index contributed by atoms with van der Waals surface area (Å²) in [4.78, 5) is 4.45. The molecule has 1 N–H and O–H groups in total. The summed E-state index contributed by atoms with van der Waals surface area (Å²) in [5, 5.41) is 7.74. The number of benzene rings is 1. The Morgan fingerprint density at radius 3 is 2.90 bits per heavy atom. The molecule has 0 saturated carbocycles. The standard InChI is InChI=1S/C16H20N4O/c1-4-16-19-14-7-13(5-6-15(14)21-16)17-8-12-9-18-20(10-12)11(2)3/h5-7,9-11,17H,4,8H2,1-3H3. The summed E-state index contributed by atoms with van der Waals surface area (Å²) in [5.74, 6) is 0.778. The fourth-order valence-electron chi connectivity index (χ4n) is 2.19. The van der Waals surface area contributed by atoms with E-state index in [-0.39, 0.29) is 0 Å². The van der Waals surface area contributed by atoms with Crippen LogP contribution in [0.2, 0.25) is 0 Å². The molecular weight excluding hydrogens is 264 g/mol. The van der Waals surface area contributed by atoms with E-state index in [1.807, 2.05) is 36.0 Å². The fourth-order valence-corrected chi connectivity index (χ4v) is 2.19. The van der Waals surface area contributed by atoms with Gasteiger partial charge in [0.15, 0.2) is 11.5 Å². The van der Waals surface area contributed by atoms with Crippen molar-refractivity contribution in [1.29, 1.82) is 0 Å². The lowest BCUT2D eigenvalue weighted by Crippen LogP contribution is -2.01. The second-order valence-corrected chi connectivity index (χ2v) is 5.42. The van der Waals surface area contributed by atoms with E-state index >= 15 is 0 Å². The molecule has 0 atom stereocenters. The van der Waals surface area contributed by atoms with Crippen LogP contribution in [-0.4, -0.2) is 14.8 Å². The Labute approximate surface area is 124 Å². The van der Waals surface area contributed by atoms with Gasteiger partial charge in [-0.1, -0.05) is 6.92 Å². The van der Waals surface area contributed by atoms with Gasteiger partial charge in [0.2, 0.25) is 0 Å². The molecule has 0 aliphatic heterocycles. The number of aryl methyl sites for hydroxylation is 1. The predicted octanol–water partition coefficient (Wildman–Crippen LogP) is 3.78. The molecule has 5 heteroatoms. The molecule has 2 heterocycles. The van der Waals surface area contributed by atoms with Gasteiger partial charge in [-0.25, -0.2) is 4.98 Å². The fraction of sp³-hybridized carbons (Fsp3) is 0.375. The monoisotopic (exact) mass is 284 g/mol. The highest BCUT2D eigenvalue weighted by Gasteiger charge is 2.06. The Morgan fingerprint density at radius 2 is 2.19 bits per heavy atom. The van der Waals surface area contributed by atoms with Crippen molar-refractivity contribution in [2.24, 2.45) is 0 Å². The second-order valence-electron chi connectivity index (χ2n) is 5.42. The maximum atomic E-state index is 5.61. The number of oxazole rings is 1. The maximum Gasteiger partial charge on any atom is 0.195 e. The molecule has 0 amide bonds. The molecule has 110 valence electrons. The van der Waals surface area contributed by atoms with Crippen LogP contribution in [0.5, 0.6) is 0 Å². The average Bonchev–Trinajstić information content (AvgIpc) is 3.10. The van der Waals surface area contributed by atoms with Gasteiger partial charge in [0.25, 0.3) is 0 Å². The molecule has 0 spiro atoms. The first-order valence-electron chi connectivity index (χ1n) is 7.32. The first-order valence-corrected chi connectivity index (χ1v) is 7.32. The summed E-state index contributed by atoms with van der Waals surface area (Å²) in [6, 6.07) is 6.38. The second kappa shape index (κ2) is 5.60. The minimum absolute atomic E-state index is 0.387. The number of nitrogens with zero attached hydrogens (tertiary/aromatic N) is 3. The number of fused-ring (bicyclic) bond motifs is 1. The topological polar surface area (TPSA) is 55.9 Å². The highest BCUT2D eigenvalue weighted by Crippen LogP contribution is 2.20. The summed E-state index contributed by atoms with van der Waals surface area (Å²) in [6.07, 6.45) is 4.78. The molecule has 0 fully saturated rings. The van der Waals surface area contributed by atoms with Crippen LogP contribution in [0.15, 0.2) is 35.0 Å². The van der Waals surface area contributed by atoms with Crippen molar-refractivity contribution in [2.75, 3.05) is 5.32 Å². The van der Waals surface area contributed by atoms with Gasteiger partial charge >= 0.3 is 0 Å². The van der Waals surface area contributed by atoms with Gasteiger partial charge in [0.1, 0.15) is 5.52 Å². The summed E-state index contributed by atoms with van der Waals surface area (Å²) in [7, 11) is 0. The van der Waals surface area contributed by atoms with Crippen LogP contribution in [-0.2, 0) is 13.0 Å². The average molecular weight is 284 g/mol. The summed E-state index contributed by atoms with van der Waals surface area (Å²) in [5.41, 5.74) is 3.94. The Balaban J connectivity index is 1.72. The van der Waals surface area contributed by atoms with Crippen molar-refractivity contribution >= 4 is 16.8 Å². The Bertz CT molecular complexity index is 742. The lowest BCUT2D eigenvalue weighted by molar-refractivity contribution is 0.532. The molecule has 0 radical (unpaired) electrons. The van der Waals surface area contributed by atoms with E-state index in [1.54, 1.807) is 0 Å². The van der Waals surface area contributed by atoms with Crippen LogP contribution >= 0.6 is 0 Å². The van der Waals surface area contributed by atoms with Crippen molar-refractivity contribution in [2.45, 2.75) is 39.8 Å². The van der Waals surface area contributed by atoms with Gasteiger partial charge in [0.05, 0.1) is 6.20 Å². The number of hydrogen-bond acceptors (Lipinski definition) is 4. The normalized spacial score (nSPS) is 11.4. The molecule has 0 aliphatic rings. The lowest BCUT2D eigenvalue weighted by atomic mass is 10.2. The quantitative estimate of drug-likeness (QED) is 0.774. The smallest absolute Gasteiger partial charge is 0.195 e. The van der Waals surface area contributed by atoms with E-state index in [0.29, 0.717) is 6.04 Å². The number of anilines is 1. The van der Waals surface area contributed by atoms with Gasteiger partial charge in [0, 0.05) is 36.5 Å². The predicted molar refractivity (Wildman–Crippen MR) is 83.3 cm³/mol. The summed E-state index contributed by atoms with van der Waals surface area (Å²) < 4.78 is 7.58. The molecule has 21 heavy (non-hydrogen) atoms. The van der Waals surface area contributed by atoms with Crippen LogP contribution in [0.3, 0.4) is 0 Å². The SMILES string of the molecule is CCc1nc2cc(NCc3cnn(C(C)C)c3)ccc2o1. The molecular formula is C16H20N4O. The number of aromatic nitrogens is 3. The third kappa shape index (κ3) is 2.91. The first kappa shape index (κ1) is 13.7. The largest absolute Gasteiger partial charge is 0.441 e. The highest BCUT2D eigenvalue weighted by molar-refractivity contribution is 5.77. The number of hydrogen-bond donors (Lipinski definition) is 1. The Morgan fingerprint density at radius 1 is 1.33 bits per heavy atom. The first-order chi connectivity index (χ1) is 10.2. The molecule has 0 saturated heterocycles. The molecule has 0 bridgehead atoms. The third-order valence-electron chi connectivity index (χ3n) is 3.42. The zero-order chi connectivity index (χ0) is 14.8. The van der Waals surface area contributed by atoms with E-state index in [1.165, 1.54) is 0 Å². The Kier molecular flexibility index (Phi) is 3.64. The van der Waals surface area contributed by atoms with Crippen LogP contribution < -0.4 is 5.32 Å². The molecule has 3 rings (SSSR count). The summed E-state index contributed by atoms with van der Waals surface area (Å²) in [6.45, 7) is 7.02. The van der Waals surface area contributed by atoms with Crippen molar-refractivity contribution in [1.82, 2.24) is 14.8 Å². The lowest BCUT2D eigenvalue weighted by Gasteiger charge is -2.05. The highest BCUT2D eigenvalue weighted by atomic mass is 16.3. The maximum absolute atomic E-state index is 5.61. The zero-order valence-corrected chi connectivity index (χ0v) is 12.6. The van der Waals surface area contributed by atoms with Gasteiger partial charge in [-0.05, 0) is 32.0 Å². The van der Waals surface area contributed by atoms with Crippen LogP contribution in [0.4, 0.5) is 5.69 Å². The molecule has 5 nitrogen and oxygen atoms in total. The molecule has 0 aliphatic carbocycles. The number of rotatable bonds is 5. The van der Waals surface area contributed by atoms with Gasteiger partial charge in [-0.3, -0.25) is 4.68 Å². The minimum Gasteiger partial charge on any atom is -0.441 e. The third-order valence-corrected chi connectivity index (χ3v) is 3.42. The molecule has 2 aromatic heterocycles. The van der Waals surface area contributed by atoms with Crippen molar-refractivity contribution in [3.63, 3.8) is 0 Å². The van der Waals surface area contributed by atoms with Crippen molar-refractivity contribution < 1.29 is 4.42 Å². The zero-order valence-electron chi connectivity index (χ0n) is 12.6. The van der Waals surface area contributed by atoms with Gasteiger partial charge < -0.3 is 9.73 Å². The molecule has 0 unspecified atom stereocenters. The van der Waals surface area contributed by atoms with Gasteiger partial charge in [-0.2, -0.15) is 5.10 Å².